The van der Waals surface area contributed by atoms with Crippen molar-refractivity contribution in [1.82, 2.24) is 0 Å². The lowest BCUT2D eigenvalue weighted by atomic mass is 11.2. The van der Waals surface area contributed by atoms with Gasteiger partial charge in [0.05, 0.1) is 8.47 Å². The van der Waals surface area contributed by atoms with Gasteiger partial charge in [0.25, 0.3) is 0 Å². The van der Waals surface area contributed by atoms with E-state index >= 15 is 0 Å². The molecule has 0 amide bonds. The molecule has 0 atom stereocenters. The Morgan fingerprint density at radius 1 is 0.722 bits per heavy atom. The van der Waals surface area contributed by atoms with Gasteiger partial charge in [-0.2, -0.15) is 0 Å². The highest BCUT2D eigenvalue weighted by molar-refractivity contribution is 8.24. The molecule has 0 rings (SSSR count). The first-order valence-corrected chi connectivity index (χ1v) is 15.0. The van der Waals surface area contributed by atoms with Crippen molar-refractivity contribution in [3.05, 3.63) is 8.47 Å². The van der Waals surface area contributed by atoms with Crippen molar-refractivity contribution < 1.29 is 0 Å². The van der Waals surface area contributed by atoms with E-state index in [-0.39, 0.29) is 0 Å². The Bertz CT molecular complexity index is 391. The summed E-state index contributed by atoms with van der Waals surface area (Å²) in [6, 6.07) is 0. The van der Waals surface area contributed by atoms with E-state index in [9.17, 15) is 0 Å². The molecule has 0 aliphatic rings. The molecule has 0 aromatic heterocycles. The number of thiol groups is 2. The lowest BCUT2D eigenvalue weighted by Gasteiger charge is -2.04. The molecule has 0 fully saturated rings. The molecule has 100 valence electrons. The molecule has 0 heterocycles. The zero-order valence-corrected chi connectivity index (χ0v) is 17.1. The molecule has 0 bridgehead atoms. The van der Waals surface area contributed by atoms with Gasteiger partial charge in [-0.25, -0.2) is 0 Å². The van der Waals surface area contributed by atoms with Gasteiger partial charge in [-0.15, -0.1) is 36.3 Å². The second kappa shape index (κ2) is 8.09. The van der Waals surface area contributed by atoms with Crippen LogP contribution in [0.2, 0.25) is 39.3 Å². The first-order chi connectivity index (χ1) is 8.01. The average molecular weight is 349 g/mol. The van der Waals surface area contributed by atoms with Crippen LogP contribution in [0.3, 0.4) is 0 Å². The molecule has 6 heteroatoms. The SMILES string of the molecule is C[Si](C)(C)C#CS/C(S)=C(/S)SC#C[Si](C)(C)C. The molecule has 0 nitrogen and oxygen atoms in total. The van der Waals surface area contributed by atoms with Crippen LogP contribution in [0, 0.1) is 21.6 Å². The summed E-state index contributed by atoms with van der Waals surface area (Å²) in [7, 11) is -2.60. The summed E-state index contributed by atoms with van der Waals surface area (Å²) < 4.78 is 1.66. The Morgan fingerprint density at radius 2 is 1.00 bits per heavy atom. The smallest absolute Gasteiger partial charge is 0.130 e. The van der Waals surface area contributed by atoms with Crippen LogP contribution in [0.15, 0.2) is 8.47 Å². The quantitative estimate of drug-likeness (QED) is 0.404. The van der Waals surface area contributed by atoms with Gasteiger partial charge in [-0.3, -0.25) is 0 Å². The van der Waals surface area contributed by atoms with E-state index in [4.69, 9.17) is 0 Å². The van der Waals surface area contributed by atoms with E-state index in [1.54, 1.807) is 0 Å². The summed E-state index contributed by atoms with van der Waals surface area (Å²) in [5, 5.41) is 6.21. The van der Waals surface area contributed by atoms with Crippen LogP contribution < -0.4 is 0 Å². The number of hydrogen-bond acceptors (Lipinski definition) is 4. The Hall–Kier alpha value is 0.694. The lowest BCUT2D eigenvalue weighted by Crippen LogP contribution is -2.16. The molecule has 0 saturated heterocycles. The molecular weight excluding hydrogens is 329 g/mol. The number of rotatable bonds is 2. The van der Waals surface area contributed by atoms with Gasteiger partial charge in [-0.1, -0.05) is 39.3 Å². The zero-order chi connectivity index (χ0) is 14.4. The molecule has 0 saturated carbocycles. The van der Waals surface area contributed by atoms with Gasteiger partial charge >= 0.3 is 0 Å². The molecule has 0 aromatic carbocycles. The largest absolute Gasteiger partial charge is 0.134 e. The van der Waals surface area contributed by atoms with Gasteiger partial charge in [-0.05, 0) is 34.0 Å². The van der Waals surface area contributed by atoms with Crippen molar-refractivity contribution in [3.8, 4) is 21.6 Å². The van der Waals surface area contributed by atoms with Crippen LogP contribution in [0.4, 0.5) is 0 Å². The first-order valence-electron chi connectivity index (χ1n) is 5.51. The van der Waals surface area contributed by atoms with Crippen LogP contribution in [-0.4, -0.2) is 16.1 Å². The summed E-state index contributed by atoms with van der Waals surface area (Å²) in [6.07, 6.45) is 0. The summed E-state index contributed by atoms with van der Waals surface area (Å²) in [5.41, 5.74) is 6.57. The Balaban J connectivity index is 4.52. The Morgan fingerprint density at radius 3 is 1.22 bits per heavy atom. The molecular formula is C12H20S4Si2. The minimum atomic E-state index is -1.30. The van der Waals surface area contributed by atoms with Crippen molar-refractivity contribution in [2.45, 2.75) is 39.3 Å². The van der Waals surface area contributed by atoms with Gasteiger partial charge in [0.1, 0.15) is 16.1 Å². The number of thioether (sulfide) groups is 2. The minimum Gasteiger partial charge on any atom is -0.134 e. The van der Waals surface area contributed by atoms with Crippen LogP contribution >= 0.6 is 48.8 Å². The summed E-state index contributed by atoms with van der Waals surface area (Å²) in [6.45, 7) is 13.3. The van der Waals surface area contributed by atoms with E-state index in [0.717, 1.165) is 8.47 Å². The van der Waals surface area contributed by atoms with Crippen molar-refractivity contribution in [2.75, 3.05) is 0 Å². The number of hydrogen-bond donors (Lipinski definition) is 2. The third kappa shape index (κ3) is 11.8. The third-order valence-corrected chi connectivity index (χ3v) is 6.25. The van der Waals surface area contributed by atoms with E-state index in [1.165, 1.54) is 23.5 Å². The average Bonchev–Trinajstić information content (AvgIpc) is 2.13. The monoisotopic (exact) mass is 348 g/mol. The predicted molar refractivity (Wildman–Crippen MR) is 102 cm³/mol. The maximum Gasteiger partial charge on any atom is 0.130 e. The summed E-state index contributed by atoms with van der Waals surface area (Å²) in [4.78, 5) is 0. The highest BCUT2D eigenvalue weighted by Gasteiger charge is 2.09. The van der Waals surface area contributed by atoms with Crippen molar-refractivity contribution >= 4 is 64.9 Å². The Kier molecular flexibility index (Phi) is 8.40. The third-order valence-electron chi connectivity index (χ3n) is 1.33. The maximum absolute atomic E-state index is 4.40. The fraction of sp³-hybridized carbons (Fsp3) is 0.500. The molecule has 0 aliphatic heterocycles. The molecule has 18 heavy (non-hydrogen) atoms. The molecule has 0 aliphatic carbocycles. The molecule has 0 N–H and O–H groups in total. The van der Waals surface area contributed by atoms with E-state index in [0.29, 0.717) is 0 Å². The highest BCUT2D eigenvalue weighted by Crippen LogP contribution is 2.32. The van der Waals surface area contributed by atoms with Gasteiger partial charge in [0.15, 0.2) is 0 Å². The second-order valence-electron chi connectivity index (χ2n) is 5.77. The van der Waals surface area contributed by atoms with E-state index in [2.05, 4.69) is 86.1 Å². The van der Waals surface area contributed by atoms with Gasteiger partial charge < -0.3 is 0 Å². The molecule has 0 radical (unpaired) electrons. The first kappa shape index (κ1) is 18.7. The second-order valence-corrected chi connectivity index (χ2v) is 18.4. The molecule has 0 aromatic rings. The fourth-order valence-corrected chi connectivity index (χ4v) is 4.56. The van der Waals surface area contributed by atoms with Crippen molar-refractivity contribution in [2.24, 2.45) is 0 Å². The standard InChI is InChI=1S/C12H20S4Si2/c1-17(2,3)9-7-15-11(13)12(14)16-8-10-18(4,5)6/h13-14H,1-6H3/b12-11-. The van der Waals surface area contributed by atoms with Crippen LogP contribution in [0.5, 0.6) is 0 Å². The van der Waals surface area contributed by atoms with Gasteiger partial charge in [0.2, 0.25) is 0 Å². The molecule has 0 spiro atoms. The summed E-state index contributed by atoms with van der Waals surface area (Å²) >= 11 is 11.7. The van der Waals surface area contributed by atoms with Crippen molar-refractivity contribution in [1.29, 1.82) is 0 Å². The fourth-order valence-electron chi connectivity index (χ4n) is 0.541. The normalized spacial score (nSPS) is 12.9. The maximum atomic E-state index is 4.40. The Labute approximate surface area is 133 Å². The van der Waals surface area contributed by atoms with E-state index in [1.807, 2.05) is 0 Å². The van der Waals surface area contributed by atoms with Crippen LogP contribution in [-0.2, 0) is 0 Å². The molecule has 0 unspecified atom stereocenters. The van der Waals surface area contributed by atoms with Crippen LogP contribution in [0.25, 0.3) is 0 Å². The summed E-state index contributed by atoms with van der Waals surface area (Å²) in [5.74, 6) is 0. The predicted octanol–water partition coefficient (Wildman–Crippen LogP) is 5.12. The highest BCUT2D eigenvalue weighted by atomic mass is 32.2. The van der Waals surface area contributed by atoms with Crippen LogP contribution in [0.1, 0.15) is 0 Å². The minimum absolute atomic E-state index is 0.832. The zero-order valence-electron chi connectivity index (χ0n) is 11.7. The van der Waals surface area contributed by atoms with Gasteiger partial charge in [0, 0.05) is 0 Å². The van der Waals surface area contributed by atoms with Crippen molar-refractivity contribution in [3.63, 3.8) is 0 Å². The van der Waals surface area contributed by atoms with E-state index < -0.39 is 16.1 Å². The topological polar surface area (TPSA) is 0 Å². The lowest BCUT2D eigenvalue weighted by molar-refractivity contribution is 1.81.